The Labute approximate surface area is 137 Å². The Hall–Kier alpha value is -1.76. The molecule has 0 unspecified atom stereocenters. The maximum absolute atomic E-state index is 12.1. The molecule has 0 amide bonds. The maximum Gasteiger partial charge on any atom is 0.335 e. The van der Waals surface area contributed by atoms with Gasteiger partial charge in [0.25, 0.3) is 0 Å². The molecule has 116 valence electrons. The van der Waals surface area contributed by atoms with Crippen molar-refractivity contribution in [2.75, 3.05) is 10.6 Å². The van der Waals surface area contributed by atoms with Gasteiger partial charge in [-0.05, 0) is 36.4 Å². The molecule has 8 heteroatoms. The lowest BCUT2D eigenvalue weighted by Gasteiger charge is -2.23. The zero-order valence-corrected chi connectivity index (χ0v) is 13.7. The summed E-state index contributed by atoms with van der Waals surface area (Å²) < 4.78 is 25.2. The Morgan fingerprint density at radius 3 is 2.14 bits per heavy atom. The van der Waals surface area contributed by atoms with Gasteiger partial charge in [0.05, 0.1) is 23.2 Å². The van der Waals surface area contributed by atoms with E-state index in [-0.39, 0.29) is 27.0 Å². The van der Waals surface area contributed by atoms with Crippen molar-refractivity contribution in [2.45, 2.75) is 0 Å². The zero-order chi connectivity index (χ0) is 16.5. The van der Waals surface area contributed by atoms with E-state index in [1.807, 2.05) is 0 Å². The van der Waals surface area contributed by atoms with Crippen LogP contribution in [0.15, 0.2) is 42.5 Å². The third kappa shape index (κ3) is 3.71. The van der Waals surface area contributed by atoms with Crippen LogP contribution >= 0.6 is 23.2 Å². The molecule has 0 radical (unpaired) electrons. The van der Waals surface area contributed by atoms with Crippen molar-refractivity contribution in [3.05, 3.63) is 58.1 Å². The highest BCUT2D eigenvalue weighted by atomic mass is 35.5. The molecule has 0 aliphatic carbocycles. The SMILES string of the molecule is CS(=O)(=O)N(c1cc(Cl)cc(Cl)c1)c1cccc(C(=O)O)c1. The number of hydrogen-bond acceptors (Lipinski definition) is 3. The van der Waals surface area contributed by atoms with Gasteiger partial charge in [-0.3, -0.25) is 0 Å². The van der Waals surface area contributed by atoms with Crippen molar-refractivity contribution in [3.63, 3.8) is 0 Å². The summed E-state index contributed by atoms with van der Waals surface area (Å²) in [5, 5.41) is 9.58. The van der Waals surface area contributed by atoms with E-state index in [1.54, 1.807) is 0 Å². The van der Waals surface area contributed by atoms with Crippen LogP contribution in [0.4, 0.5) is 11.4 Å². The average molecular weight is 360 g/mol. The van der Waals surface area contributed by atoms with Crippen LogP contribution in [-0.2, 0) is 10.0 Å². The minimum absolute atomic E-state index is 0.0284. The molecule has 0 aliphatic rings. The van der Waals surface area contributed by atoms with Crippen LogP contribution in [0.2, 0.25) is 10.0 Å². The van der Waals surface area contributed by atoms with Crippen molar-refractivity contribution in [2.24, 2.45) is 0 Å². The summed E-state index contributed by atoms with van der Waals surface area (Å²) in [6.07, 6.45) is 1.01. The maximum atomic E-state index is 12.1. The first-order chi connectivity index (χ1) is 10.2. The lowest BCUT2D eigenvalue weighted by atomic mass is 10.2. The quantitative estimate of drug-likeness (QED) is 0.900. The predicted octanol–water partition coefficient (Wildman–Crippen LogP) is 3.79. The van der Waals surface area contributed by atoms with E-state index < -0.39 is 16.0 Å². The van der Waals surface area contributed by atoms with Crippen LogP contribution in [-0.4, -0.2) is 25.7 Å². The lowest BCUT2D eigenvalue weighted by molar-refractivity contribution is 0.0697. The molecular weight excluding hydrogens is 349 g/mol. The summed E-state index contributed by atoms with van der Waals surface area (Å²) in [5.41, 5.74) is 0.377. The second-order valence-electron chi connectivity index (χ2n) is 4.51. The van der Waals surface area contributed by atoms with Gasteiger partial charge in [0.1, 0.15) is 0 Å². The summed E-state index contributed by atoms with van der Waals surface area (Å²) >= 11 is 11.8. The van der Waals surface area contributed by atoms with E-state index in [9.17, 15) is 13.2 Å². The molecule has 0 saturated carbocycles. The average Bonchev–Trinajstić information content (AvgIpc) is 2.36. The first-order valence-corrected chi connectivity index (χ1v) is 8.58. The van der Waals surface area contributed by atoms with Gasteiger partial charge in [-0.15, -0.1) is 0 Å². The summed E-state index contributed by atoms with van der Waals surface area (Å²) in [5.74, 6) is -1.15. The molecule has 0 aliphatic heterocycles. The molecule has 5 nitrogen and oxygen atoms in total. The van der Waals surface area contributed by atoms with Crippen LogP contribution in [0, 0.1) is 0 Å². The molecule has 0 atom stereocenters. The van der Waals surface area contributed by atoms with E-state index in [0.717, 1.165) is 10.6 Å². The third-order valence-corrected chi connectivity index (χ3v) is 4.26. The smallest absolute Gasteiger partial charge is 0.335 e. The number of carbonyl (C=O) groups is 1. The molecule has 0 heterocycles. The number of nitrogens with zero attached hydrogens (tertiary/aromatic N) is 1. The van der Waals surface area contributed by atoms with E-state index in [0.29, 0.717) is 0 Å². The van der Waals surface area contributed by atoms with Crippen LogP contribution in [0.3, 0.4) is 0 Å². The number of rotatable bonds is 4. The third-order valence-electron chi connectivity index (χ3n) is 2.74. The molecule has 0 saturated heterocycles. The van der Waals surface area contributed by atoms with Gasteiger partial charge in [0.2, 0.25) is 10.0 Å². The van der Waals surface area contributed by atoms with Crippen LogP contribution in [0.5, 0.6) is 0 Å². The fourth-order valence-electron chi connectivity index (χ4n) is 1.95. The first kappa shape index (κ1) is 16.6. The van der Waals surface area contributed by atoms with E-state index >= 15 is 0 Å². The van der Waals surface area contributed by atoms with Crippen molar-refractivity contribution >= 4 is 50.6 Å². The Morgan fingerprint density at radius 2 is 1.64 bits per heavy atom. The highest BCUT2D eigenvalue weighted by Gasteiger charge is 2.21. The zero-order valence-electron chi connectivity index (χ0n) is 11.3. The molecule has 2 aromatic carbocycles. The summed E-state index contributed by atoms with van der Waals surface area (Å²) in [4.78, 5) is 11.1. The van der Waals surface area contributed by atoms with E-state index in [2.05, 4.69) is 0 Å². The molecular formula is C14H11Cl2NO4S. The van der Waals surface area contributed by atoms with Crippen molar-refractivity contribution < 1.29 is 18.3 Å². The number of hydrogen-bond donors (Lipinski definition) is 1. The van der Waals surface area contributed by atoms with Gasteiger partial charge in [-0.25, -0.2) is 17.5 Å². The van der Waals surface area contributed by atoms with Gasteiger partial charge in [-0.1, -0.05) is 29.3 Å². The van der Waals surface area contributed by atoms with Gasteiger partial charge in [0.15, 0.2) is 0 Å². The number of carboxylic acid groups (broad SMARTS) is 1. The van der Waals surface area contributed by atoms with Crippen LogP contribution in [0.1, 0.15) is 10.4 Å². The first-order valence-electron chi connectivity index (χ1n) is 5.98. The Bertz CT molecular complexity index is 816. The molecule has 0 aromatic heterocycles. The van der Waals surface area contributed by atoms with Gasteiger partial charge in [0, 0.05) is 10.0 Å². The molecule has 2 aromatic rings. The second kappa shape index (κ2) is 6.16. The molecule has 22 heavy (non-hydrogen) atoms. The van der Waals surface area contributed by atoms with Gasteiger partial charge >= 0.3 is 5.97 Å². The standard InChI is InChI=1S/C14H11Cl2NO4S/c1-22(20,21)17(13-7-10(15)6-11(16)8-13)12-4-2-3-9(5-12)14(18)19/h2-8H,1H3,(H,18,19). The number of aromatic carboxylic acids is 1. The second-order valence-corrected chi connectivity index (χ2v) is 7.21. The molecule has 2 rings (SSSR count). The van der Waals surface area contributed by atoms with E-state index in [4.69, 9.17) is 28.3 Å². The number of anilines is 2. The Kier molecular flexibility index (Phi) is 4.65. The number of benzene rings is 2. The normalized spacial score (nSPS) is 11.2. The predicted molar refractivity (Wildman–Crippen MR) is 86.8 cm³/mol. The Morgan fingerprint density at radius 1 is 1.05 bits per heavy atom. The molecule has 0 bridgehead atoms. The van der Waals surface area contributed by atoms with Gasteiger partial charge < -0.3 is 5.11 Å². The highest BCUT2D eigenvalue weighted by Crippen LogP contribution is 2.33. The number of carboxylic acids is 1. The lowest BCUT2D eigenvalue weighted by Crippen LogP contribution is -2.24. The molecule has 0 fully saturated rings. The van der Waals surface area contributed by atoms with Crippen molar-refractivity contribution in [3.8, 4) is 0 Å². The molecule has 0 spiro atoms. The minimum atomic E-state index is -3.72. The van der Waals surface area contributed by atoms with Crippen LogP contribution in [0.25, 0.3) is 0 Å². The summed E-state index contributed by atoms with van der Waals surface area (Å²) in [7, 11) is -3.72. The fraction of sp³-hybridized carbons (Fsp3) is 0.0714. The summed E-state index contributed by atoms with van der Waals surface area (Å²) in [6, 6.07) is 9.92. The summed E-state index contributed by atoms with van der Waals surface area (Å²) in [6.45, 7) is 0. The monoisotopic (exact) mass is 359 g/mol. The minimum Gasteiger partial charge on any atom is -0.478 e. The number of halogens is 2. The van der Waals surface area contributed by atoms with Crippen molar-refractivity contribution in [1.82, 2.24) is 0 Å². The van der Waals surface area contributed by atoms with Crippen molar-refractivity contribution in [1.29, 1.82) is 0 Å². The van der Waals surface area contributed by atoms with Crippen LogP contribution < -0.4 is 4.31 Å². The highest BCUT2D eigenvalue weighted by molar-refractivity contribution is 7.92. The number of sulfonamides is 1. The molecule has 1 N–H and O–H groups in total. The topological polar surface area (TPSA) is 74.7 Å². The van der Waals surface area contributed by atoms with E-state index in [1.165, 1.54) is 42.5 Å². The van der Waals surface area contributed by atoms with Gasteiger partial charge in [-0.2, -0.15) is 0 Å². The largest absolute Gasteiger partial charge is 0.478 e. The fourth-order valence-corrected chi connectivity index (χ4v) is 3.45. The Balaban J connectivity index is 2.66.